The third-order valence-corrected chi connectivity index (χ3v) is 3.85. The molecule has 0 radical (unpaired) electrons. The first-order valence-corrected chi connectivity index (χ1v) is 6.84. The van der Waals surface area contributed by atoms with Gasteiger partial charge in [-0.25, -0.2) is 8.78 Å². The van der Waals surface area contributed by atoms with Gasteiger partial charge in [-0.1, -0.05) is 12.1 Å². The maximum Gasteiger partial charge on any atom is 0.137 e. The van der Waals surface area contributed by atoms with Crippen molar-refractivity contribution in [1.82, 2.24) is 0 Å². The van der Waals surface area contributed by atoms with Crippen LogP contribution in [0.5, 0.6) is 0 Å². The quantitative estimate of drug-likeness (QED) is 0.783. The van der Waals surface area contributed by atoms with Crippen molar-refractivity contribution in [1.29, 1.82) is 0 Å². The van der Waals surface area contributed by atoms with Gasteiger partial charge in [-0.05, 0) is 58.7 Å². The van der Waals surface area contributed by atoms with E-state index in [1.807, 2.05) is 13.0 Å². The minimum absolute atomic E-state index is 0.258. The Morgan fingerprint density at radius 3 is 2.37 bits per heavy atom. The minimum Gasteiger partial charge on any atom is -0.367 e. The molecule has 0 unspecified atom stereocenters. The van der Waals surface area contributed by atoms with Crippen molar-refractivity contribution in [2.75, 3.05) is 11.4 Å². The second kappa shape index (κ2) is 6.15. The summed E-state index contributed by atoms with van der Waals surface area (Å²) in [4.78, 5) is 2.05. The lowest BCUT2D eigenvalue weighted by Crippen LogP contribution is -2.22. The van der Waals surface area contributed by atoms with Gasteiger partial charge in [-0.2, -0.15) is 0 Å². The lowest BCUT2D eigenvalue weighted by Gasteiger charge is -2.24. The van der Waals surface area contributed by atoms with Crippen LogP contribution >= 0.6 is 15.9 Å². The van der Waals surface area contributed by atoms with Crippen molar-refractivity contribution in [2.45, 2.75) is 13.5 Å². The maximum atomic E-state index is 13.5. The Hall–Kier alpha value is -1.42. The molecule has 1 nitrogen and oxygen atoms in total. The first-order chi connectivity index (χ1) is 9.11. The summed E-state index contributed by atoms with van der Waals surface area (Å²) in [6.45, 7) is 3.34. The van der Waals surface area contributed by atoms with Gasteiger partial charge in [0, 0.05) is 18.8 Å². The van der Waals surface area contributed by atoms with Crippen LogP contribution in [0.3, 0.4) is 0 Å². The zero-order valence-corrected chi connectivity index (χ0v) is 12.1. The SMILES string of the molecule is CCN(Cc1cccc(F)c1Br)c1ccc(F)cc1. The Bertz CT molecular complexity index is 555. The van der Waals surface area contributed by atoms with Crippen LogP contribution in [-0.4, -0.2) is 6.54 Å². The van der Waals surface area contributed by atoms with Gasteiger partial charge in [0.25, 0.3) is 0 Å². The molecule has 0 atom stereocenters. The van der Waals surface area contributed by atoms with E-state index in [-0.39, 0.29) is 11.6 Å². The summed E-state index contributed by atoms with van der Waals surface area (Å²) in [5.74, 6) is -0.528. The molecular formula is C15H14BrF2N. The minimum atomic E-state index is -0.271. The number of hydrogen-bond acceptors (Lipinski definition) is 1. The molecular weight excluding hydrogens is 312 g/mol. The van der Waals surface area contributed by atoms with Gasteiger partial charge in [0.2, 0.25) is 0 Å². The Morgan fingerprint density at radius 2 is 1.74 bits per heavy atom. The van der Waals surface area contributed by atoms with Crippen molar-refractivity contribution in [3.63, 3.8) is 0 Å². The highest BCUT2D eigenvalue weighted by atomic mass is 79.9. The third-order valence-electron chi connectivity index (χ3n) is 2.97. The van der Waals surface area contributed by atoms with E-state index in [9.17, 15) is 8.78 Å². The summed E-state index contributed by atoms with van der Waals surface area (Å²) in [6, 6.07) is 11.3. The highest BCUT2D eigenvalue weighted by molar-refractivity contribution is 9.10. The molecule has 0 saturated heterocycles. The molecule has 100 valence electrons. The largest absolute Gasteiger partial charge is 0.367 e. The lowest BCUT2D eigenvalue weighted by molar-refractivity contribution is 0.617. The molecule has 0 bridgehead atoms. The highest BCUT2D eigenvalue weighted by Crippen LogP contribution is 2.24. The van der Waals surface area contributed by atoms with Gasteiger partial charge in [-0.15, -0.1) is 0 Å². The molecule has 2 aromatic carbocycles. The molecule has 0 saturated carbocycles. The van der Waals surface area contributed by atoms with Crippen LogP contribution < -0.4 is 4.90 Å². The van der Waals surface area contributed by atoms with Crippen LogP contribution in [0.25, 0.3) is 0 Å². The summed E-state index contributed by atoms with van der Waals surface area (Å²) in [7, 11) is 0. The molecule has 0 aromatic heterocycles. The fourth-order valence-corrected chi connectivity index (χ4v) is 2.30. The van der Waals surface area contributed by atoms with Gasteiger partial charge in [-0.3, -0.25) is 0 Å². The van der Waals surface area contributed by atoms with E-state index in [1.165, 1.54) is 18.2 Å². The van der Waals surface area contributed by atoms with Crippen molar-refractivity contribution >= 4 is 21.6 Å². The van der Waals surface area contributed by atoms with E-state index in [1.54, 1.807) is 18.2 Å². The smallest absolute Gasteiger partial charge is 0.137 e. The lowest BCUT2D eigenvalue weighted by atomic mass is 10.2. The summed E-state index contributed by atoms with van der Waals surface area (Å²) in [5, 5.41) is 0. The molecule has 2 rings (SSSR count). The summed E-state index contributed by atoms with van der Waals surface area (Å²) >= 11 is 3.26. The zero-order valence-electron chi connectivity index (χ0n) is 10.5. The number of rotatable bonds is 4. The predicted octanol–water partition coefficient (Wildman–Crippen LogP) is 4.75. The Morgan fingerprint density at radius 1 is 1.05 bits per heavy atom. The Kier molecular flexibility index (Phi) is 4.53. The molecule has 0 N–H and O–H groups in total. The Labute approximate surface area is 120 Å². The van der Waals surface area contributed by atoms with E-state index >= 15 is 0 Å². The summed E-state index contributed by atoms with van der Waals surface area (Å²) in [5.41, 5.74) is 1.78. The van der Waals surface area contributed by atoms with Gasteiger partial charge in [0.15, 0.2) is 0 Å². The second-order valence-electron chi connectivity index (χ2n) is 4.20. The van der Waals surface area contributed by atoms with E-state index in [2.05, 4.69) is 20.8 Å². The monoisotopic (exact) mass is 325 g/mol. The molecule has 4 heteroatoms. The fraction of sp³-hybridized carbons (Fsp3) is 0.200. The van der Waals surface area contributed by atoms with Crippen LogP contribution in [0.2, 0.25) is 0 Å². The van der Waals surface area contributed by atoms with Crippen molar-refractivity contribution < 1.29 is 8.78 Å². The fourth-order valence-electron chi connectivity index (χ4n) is 1.91. The summed E-state index contributed by atoms with van der Waals surface area (Å²) in [6.07, 6.45) is 0. The molecule has 19 heavy (non-hydrogen) atoms. The van der Waals surface area contributed by atoms with Crippen LogP contribution in [0.4, 0.5) is 14.5 Å². The summed E-state index contributed by atoms with van der Waals surface area (Å²) < 4.78 is 26.9. The first kappa shape index (κ1) is 14.0. The second-order valence-corrected chi connectivity index (χ2v) is 5.00. The molecule has 0 aliphatic heterocycles. The maximum absolute atomic E-state index is 13.5. The van der Waals surface area contributed by atoms with E-state index in [0.29, 0.717) is 11.0 Å². The molecule has 0 spiro atoms. The van der Waals surface area contributed by atoms with Crippen LogP contribution in [0, 0.1) is 11.6 Å². The van der Waals surface area contributed by atoms with Gasteiger partial charge in [0.1, 0.15) is 11.6 Å². The van der Waals surface area contributed by atoms with E-state index in [0.717, 1.165) is 17.8 Å². The van der Waals surface area contributed by atoms with Gasteiger partial charge in [0.05, 0.1) is 4.47 Å². The van der Waals surface area contributed by atoms with Crippen molar-refractivity contribution in [3.05, 3.63) is 64.1 Å². The molecule has 0 heterocycles. The van der Waals surface area contributed by atoms with E-state index in [4.69, 9.17) is 0 Å². The predicted molar refractivity (Wildman–Crippen MR) is 77.2 cm³/mol. The molecule has 0 fully saturated rings. The molecule has 2 aromatic rings. The van der Waals surface area contributed by atoms with Gasteiger partial charge >= 0.3 is 0 Å². The zero-order chi connectivity index (χ0) is 13.8. The van der Waals surface area contributed by atoms with Crippen LogP contribution in [0.1, 0.15) is 12.5 Å². The van der Waals surface area contributed by atoms with Crippen molar-refractivity contribution in [3.8, 4) is 0 Å². The normalized spacial score (nSPS) is 10.5. The number of nitrogens with zero attached hydrogens (tertiary/aromatic N) is 1. The number of halogens is 3. The number of benzene rings is 2. The molecule has 0 aliphatic rings. The average Bonchev–Trinajstić information content (AvgIpc) is 2.42. The van der Waals surface area contributed by atoms with Crippen molar-refractivity contribution in [2.24, 2.45) is 0 Å². The first-order valence-electron chi connectivity index (χ1n) is 6.05. The molecule has 0 aliphatic carbocycles. The topological polar surface area (TPSA) is 3.24 Å². The van der Waals surface area contributed by atoms with Gasteiger partial charge < -0.3 is 4.90 Å². The van der Waals surface area contributed by atoms with Crippen LogP contribution in [-0.2, 0) is 6.54 Å². The number of hydrogen-bond donors (Lipinski definition) is 0. The highest BCUT2D eigenvalue weighted by Gasteiger charge is 2.10. The van der Waals surface area contributed by atoms with E-state index < -0.39 is 0 Å². The van der Waals surface area contributed by atoms with Crippen LogP contribution in [0.15, 0.2) is 46.9 Å². The molecule has 0 amide bonds. The standard InChI is InChI=1S/C15H14BrF2N/c1-2-19(13-8-6-12(17)7-9-13)10-11-4-3-5-14(18)15(11)16/h3-9H,2,10H2,1H3. The average molecular weight is 326 g/mol. The Balaban J connectivity index is 2.24. The number of anilines is 1. The third kappa shape index (κ3) is 3.32.